The van der Waals surface area contributed by atoms with Crippen LogP contribution in [0.3, 0.4) is 0 Å². The van der Waals surface area contributed by atoms with Crippen molar-refractivity contribution in [3.8, 4) is 11.5 Å². The fraction of sp³-hybridized carbons (Fsp3) is 0.301. The SMILES string of the molecule is Brc1ccncc1.Nc1cccc(C(=O)N2CCN(c3ccncc3)CC2)c1O.O=C(c1cccc([N+](=O)[O-])c1O)N1CCN(c2ccncc2)CC1.c1cc(N2CCNCC2)ccn1.c1ccc(CN2CCN(c3ccncc3)CC2)cc1.c1ccc(CN2CCNCC2)cc1. The molecule has 506 valence electrons. The van der Waals surface area contributed by atoms with Crippen molar-refractivity contribution >= 4 is 61.9 Å². The first-order chi connectivity index (χ1) is 47.5. The molecule has 0 bridgehead atoms. The Balaban J connectivity index is 0.000000141. The van der Waals surface area contributed by atoms with Gasteiger partial charge in [0, 0.05) is 239 Å². The molecule has 5 fully saturated rings. The minimum atomic E-state index is -0.701. The molecule has 6 N–H and O–H groups in total. The highest BCUT2D eigenvalue weighted by atomic mass is 79.9. The van der Waals surface area contributed by atoms with Gasteiger partial charge in [-0.15, -0.1) is 0 Å². The van der Waals surface area contributed by atoms with E-state index in [1.807, 2.05) is 61.2 Å². The normalized spacial score (nSPS) is 15.6. The number of pyridine rings is 5. The number of amides is 2. The fourth-order valence-corrected chi connectivity index (χ4v) is 11.7. The molecule has 0 atom stereocenters. The van der Waals surface area contributed by atoms with Crippen molar-refractivity contribution in [1.82, 2.24) is 55.2 Å². The number of nitrogens with one attached hydrogen (secondary N) is 2. The summed E-state index contributed by atoms with van der Waals surface area (Å²) in [5.74, 6) is -1.29. The third-order valence-corrected chi connectivity index (χ3v) is 17.3. The van der Waals surface area contributed by atoms with E-state index >= 15 is 0 Å². The number of nitrogens with two attached hydrogens (primary N) is 1. The molecule has 14 rings (SSSR count). The molecule has 4 aromatic carbocycles. The summed E-state index contributed by atoms with van der Waals surface area (Å²) < 4.78 is 1.07. The molecule has 2 amide bonds. The molecule has 9 aromatic rings. The largest absolute Gasteiger partial charge is 0.505 e. The van der Waals surface area contributed by atoms with Crippen LogP contribution in [0, 0.1) is 10.1 Å². The van der Waals surface area contributed by atoms with Crippen LogP contribution in [0.5, 0.6) is 11.5 Å². The first-order valence-corrected chi connectivity index (χ1v) is 33.5. The van der Waals surface area contributed by atoms with Crippen LogP contribution in [0.15, 0.2) is 224 Å². The number of hydrogen-bond acceptors (Lipinski definition) is 20. The number of aromatic nitrogens is 5. The van der Waals surface area contributed by atoms with Crippen LogP contribution < -0.4 is 36.0 Å². The van der Waals surface area contributed by atoms with Gasteiger partial charge < -0.3 is 56.0 Å². The highest BCUT2D eigenvalue weighted by Gasteiger charge is 2.28. The zero-order valence-corrected chi connectivity index (χ0v) is 56.2. The Morgan fingerprint density at radius 1 is 0.412 bits per heavy atom. The van der Waals surface area contributed by atoms with Crippen LogP contribution in [0.4, 0.5) is 34.1 Å². The molecule has 0 saturated carbocycles. The van der Waals surface area contributed by atoms with Crippen molar-refractivity contribution in [2.24, 2.45) is 0 Å². The van der Waals surface area contributed by atoms with Gasteiger partial charge in [-0.1, -0.05) is 88.7 Å². The Labute approximate surface area is 576 Å². The van der Waals surface area contributed by atoms with Crippen LogP contribution in [0.2, 0.25) is 0 Å². The van der Waals surface area contributed by atoms with Crippen LogP contribution >= 0.6 is 15.9 Å². The number of rotatable bonds is 11. The highest BCUT2D eigenvalue weighted by molar-refractivity contribution is 9.10. The number of nitro groups is 1. The number of nitro benzene ring substituents is 1. The molecule has 5 aliphatic heterocycles. The molecule has 0 unspecified atom stereocenters. The van der Waals surface area contributed by atoms with Crippen LogP contribution in [-0.2, 0) is 13.1 Å². The lowest BCUT2D eigenvalue weighted by Gasteiger charge is -2.36. The summed E-state index contributed by atoms with van der Waals surface area (Å²) in [5.41, 5.74) is 13.2. The Kier molecular flexibility index (Phi) is 28.2. The number of para-hydroxylation sites is 2. The zero-order chi connectivity index (χ0) is 67.8. The highest BCUT2D eigenvalue weighted by Crippen LogP contribution is 2.31. The molecule has 97 heavy (non-hydrogen) atoms. The van der Waals surface area contributed by atoms with Crippen LogP contribution in [0.25, 0.3) is 0 Å². The van der Waals surface area contributed by atoms with Gasteiger partial charge in [-0.2, -0.15) is 0 Å². The Morgan fingerprint density at radius 3 is 1.11 bits per heavy atom. The summed E-state index contributed by atoms with van der Waals surface area (Å²) in [6.45, 7) is 20.5. The average Bonchev–Trinajstić information content (AvgIpc) is 0.882. The van der Waals surface area contributed by atoms with Gasteiger partial charge in [0.15, 0.2) is 5.75 Å². The predicted molar refractivity (Wildman–Crippen MR) is 386 cm³/mol. The molecule has 0 spiro atoms. The molecular formula is C73H86BrN17O6. The number of carbonyl (C=O) groups is 2. The van der Waals surface area contributed by atoms with Crippen LogP contribution in [0.1, 0.15) is 31.8 Å². The van der Waals surface area contributed by atoms with Gasteiger partial charge >= 0.3 is 5.69 Å². The number of benzene rings is 4. The van der Waals surface area contributed by atoms with Crippen LogP contribution in [-0.4, -0.2) is 202 Å². The minimum absolute atomic E-state index is 0.0402. The van der Waals surface area contributed by atoms with E-state index in [0.717, 1.165) is 107 Å². The maximum atomic E-state index is 12.6. The van der Waals surface area contributed by atoms with Crippen molar-refractivity contribution in [2.45, 2.75) is 13.1 Å². The van der Waals surface area contributed by atoms with E-state index in [4.69, 9.17) is 5.73 Å². The van der Waals surface area contributed by atoms with E-state index in [-0.39, 0.29) is 28.5 Å². The number of carbonyl (C=O) groups excluding carboxylic acids is 2. The first kappa shape index (κ1) is 71.2. The molecule has 5 saturated heterocycles. The molecule has 24 heteroatoms. The summed E-state index contributed by atoms with van der Waals surface area (Å²) in [6, 6.07) is 50.0. The van der Waals surface area contributed by atoms with Gasteiger partial charge in [0.25, 0.3) is 11.8 Å². The Hall–Kier alpha value is -10.1. The standard InChI is InChI=1S/C16H16N4O4.C16H18N4O2.C16H19N3.C11H16N2.C9H13N3.C5H4BrN/c21-15-13(2-1-3-14(15)20(23)24)16(22)19-10-8-18(9-11-19)12-4-6-17-7-5-12;17-14-3-1-2-13(15(14)21)16(22)20-10-8-19(9-11-20)12-4-6-18-7-5-12;1-2-4-15(5-3-1)14-18-10-12-19(13-11-18)16-6-8-17-9-7-16;1-2-4-11(5-3-1)10-13-8-6-12-7-9-13;1-3-10-4-2-9(1)12-7-5-11-6-8-12;6-5-1-3-7-4-2-5/h1-7,21H,8-11H2;1-7,21H,8-11,17H2;1-9H,10-14H2;1-5,12H,6-10H2;1-4,11H,5-8H2;1-4H. The number of anilines is 5. The topological polar surface area (TPSA) is 258 Å². The zero-order valence-electron chi connectivity index (χ0n) is 54.6. The smallest absolute Gasteiger partial charge is 0.311 e. The molecule has 5 aliphatic rings. The first-order valence-electron chi connectivity index (χ1n) is 32.7. The maximum Gasteiger partial charge on any atom is 0.311 e. The van der Waals surface area contributed by atoms with Gasteiger partial charge in [-0.25, -0.2) is 0 Å². The molecule has 10 heterocycles. The summed E-state index contributed by atoms with van der Waals surface area (Å²) in [6.07, 6.45) is 17.9. The number of phenolic OH excluding ortho intramolecular Hbond substituents is 2. The lowest BCUT2D eigenvalue weighted by atomic mass is 10.1. The maximum absolute atomic E-state index is 12.6. The second kappa shape index (κ2) is 38.4. The molecule has 23 nitrogen and oxygen atoms in total. The second-order valence-corrected chi connectivity index (χ2v) is 24.1. The van der Waals surface area contributed by atoms with Gasteiger partial charge in [0.05, 0.1) is 21.7 Å². The minimum Gasteiger partial charge on any atom is -0.505 e. The van der Waals surface area contributed by atoms with E-state index in [0.29, 0.717) is 39.3 Å². The molecule has 0 radical (unpaired) electrons. The van der Waals surface area contributed by atoms with E-state index < -0.39 is 22.3 Å². The van der Waals surface area contributed by atoms with Gasteiger partial charge in [0.2, 0.25) is 5.75 Å². The molecule has 5 aromatic heterocycles. The third kappa shape index (κ3) is 22.5. The average molecular weight is 1380 g/mol. The number of piperazine rings is 5. The summed E-state index contributed by atoms with van der Waals surface area (Å²) in [5, 5.41) is 37.5. The Morgan fingerprint density at radius 2 is 0.742 bits per heavy atom. The van der Waals surface area contributed by atoms with E-state index in [1.54, 1.807) is 65.2 Å². The summed E-state index contributed by atoms with van der Waals surface area (Å²) >= 11 is 3.27. The van der Waals surface area contributed by atoms with Crippen molar-refractivity contribution < 1.29 is 24.7 Å². The summed E-state index contributed by atoms with van der Waals surface area (Å²) in [4.78, 5) is 72.6. The van der Waals surface area contributed by atoms with Gasteiger partial charge in [-0.05, 0) is 90.0 Å². The third-order valence-electron chi connectivity index (χ3n) is 16.8. The number of aromatic hydroxyl groups is 2. The lowest BCUT2D eigenvalue weighted by molar-refractivity contribution is -0.385. The van der Waals surface area contributed by atoms with Crippen molar-refractivity contribution in [3.63, 3.8) is 0 Å². The van der Waals surface area contributed by atoms with Crippen molar-refractivity contribution in [1.29, 1.82) is 0 Å². The van der Waals surface area contributed by atoms with Crippen molar-refractivity contribution in [3.05, 3.63) is 257 Å². The van der Waals surface area contributed by atoms with E-state index in [1.165, 1.54) is 53.8 Å². The predicted octanol–water partition coefficient (Wildman–Crippen LogP) is 8.82. The van der Waals surface area contributed by atoms with Crippen molar-refractivity contribution in [2.75, 3.05) is 156 Å². The number of hydrogen-bond donors (Lipinski definition) is 5. The van der Waals surface area contributed by atoms with E-state index in [2.05, 4.69) is 166 Å². The summed E-state index contributed by atoms with van der Waals surface area (Å²) in [7, 11) is 0. The van der Waals surface area contributed by atoms with E-state index in [9.17, 15) is 29.9 Å². The molecule has 0 aliphatic carbocycles. The second-order valence-electron chi connectivity index (χ2n) is 23.2. The number of nitrogens with zero attached hydrogens (tertiary/aromatic N) is 14. The number of halogens is 1. The number of nitrogen functional groups attached to an aromatic ring is 1. The number of phenols is 2. The fourth-order valence-electron chi connectivity index (χ4n) is 11.5. The van der Waals surface area contributed by atoms with Gasteiger partial charge in [0.1, 0.15) is 0 Å². The quantitative estimate of drug-likeness (QED) is 0.0351. The van der Waals surface area contributed by atoms with Gasteiger partial charge in [-0.3, -0.25) is 54.4 Å². The monoisotopic (exact) mass is 1380 g/mol. The Bertz CT molecular complexity index is 3740. The molecular weight excluding hydrogens is 1290 g/mol. The lowest BCUT2D eigenvalue weighted by Crippen LogP contribution is -2.48.